The predicted octanol–water partition coefficient (Wildman–Crippen LogP) is 2.63. The second kappa shape index (κ2) is 8.15. The second-order valence-corrected chi connectivity index (χ2v) is 9.16. The number of piperazine rings is 2. The average Bonchev–Trinajstić information content (AvgIpc) is 2.59. The van der Waals surface area contributed by atoms with Crippen molar-refractivity contribution in [2.24, 2.45) is 0 Å². The minimum absolute atomic E-state index is 0.223. The van der Waals surface area contributed by atoms with Crippen LogP contribution in [0.1, 0.15) is 40.2 Å². The molecule has 0 saturated carbocycles. The fraction of sp³-hybridized carbons (Fsp3) is 0.714. The molecule has 2 aliphatic rings. The molecule has 3 heterocycles. The molecule has 0 aliphatic carbocycles. The van der Waals surface area contributed by atoms with Crippen LogP contribution in [-0.4, -0.2) is 72.9 Å². The summed E-state index contributed by atoms with van der Waals surface area (Å²) in [5.74, 6) is 1.05. The molecule has 2 fully saturated rings. The van der Waals surface area contributed by atoms with Crippen molar-refractivity contribution in [2.75, 3.05) is 49.1 Å². The van der Waals surface area contributed by atoms with E-state index in [4.69, 9.17) is 9.72 Å². The lowest BCUT2D eigenvalue weighted by atomic mass is 10.1. The van der Waals surface area contributed by atoms with Crippen molar-refractivity contribution in [1.82, 2.24) is 15.2 Å². The van der Waals surface area contributed by atoms with Gasteiger partial charge in [0.2, 0.25) is 0 Å². The number of nitrogens with zero attached hydrogens (tertiary/aromatic N) is 4. The number of carbonyl (C=O) groups is 1. The van der Waals surface area contributed by atoms with Gasteiger partial charge in [-0.05, 0) is 53.2 Å². The minimum Gasteiger partial charge on any atom is -0.444 e. The summed E-state index contributed by atoms with van der Waals surface area (Å²) in [6.07, 6.45) is 1.77. The van der Waals surface area contributed by atoms with Crippen molar-refractivity contribution >= 4 is 17.6 Å². The summed E-state index contributed by atoms with van der Waals surface area (Å²) >= 11 is 0. The third-order valence-corrected chi connectivity index (χ3v) is 5.22. The van der Waals surface area contributed by atoms with Crippen molar-refractivity contribution < 1.29 is 9.53 Å². The van der Waals surface area contributed by atoms with Gasteiger partial charge in [0, 0.05) is 51.4 Å². The Morgan fingerprint density at radius 3 is 2.25 bits per heavy atom. The summed E-state index contributed by atoms with van der Waals surface area (Å²) in [6.45, 7) is 17.2. The first-order chi connectivity index (χ1) is 13.1. The lowest BCUT2D eigenvalue weighted by molar-refractivity contribution is 0.0240. The third-order valence-electron chi connectivity index (χ3n) is 5.22. The van der Waals surface area contributed by atoms with Gasteiger partial charge in [0.1, 0.15) is 11.4 Å². The highest BCUT2D eigenvalue weighted by Crippen LogP contribution is 2.25. The van der Waals surface area contributed by atoms with Crippen LogP contribution in [0.15, 0.2) is 12.3 Å². The van der Waals surface area contributed by atoms with E-state index in [0.717, 1.165) is 37.7 Å². The summed E-state index contributed by atoms with van der Waals surface area (Å²) in [7, 11) is 0. The number of amides is 1. The minimum atomic E-state index is -0.455. The number of hydrogen-bond donors (Lipinski definition) is 1. The fourth-order valence-electron chi connectivity index (χ4n) is 4.01. The molecule has 28 heavy (non-hydrogen) atoms. The SMILES string of the molecule is Cc1cc(N2C[C@@H](C)N[C@@H](C)C2)ncc1N1CCN(C(=O)OC(C)(C)C)CC1. The molecule has 1 aromatic rings. The van der Waals surface area contributed by atoms with Crippen molar-refractivity contribution in [3.05, 3.63) is 17.8 Å². The van der Waals surface area contributed by atoms with E-state index in [1.165, 1.54) is 5.56 Å². The molecule has 1 N–H and O–H groups in total. The maximum absolute atomic E-state index is 12.3. The topological polar surface area (TPSA) is 60.9 Å². The van der Waals surface area contributed by atoms with Crippen LogP contribution in [-0.2, 0) is 4.74 Å². The Morgan fingerprint density at radius 1 is 1.11 bits per heavy atom. The van der Waals surface area contributed by atoms with Crippen LogP contribution in [0.25, 0.3) is 0 Å². The van der Waals surface area contributed by atoms with Crippen molar-refractivity contribution in [1.29, 1.82) is 0 Å². The smallest absolute Gasteiger partial charge is 0.410 e. The number of carbonyl (C=O) groups excluding carboxylic acids is 1. The quantitative estimate of drug-likeness (QED) is 0.839. The highest BCUT2D eigenvalue weighted by Gasteiger charge is 2.27. The van der Waals surface area contributed by atoms with Gasteiger partial charge in [-0.1, -0.05) is 0 Å². The Kier molecular flexibility index (Phi) is 6.03. The van der Waals surface area contributed by atoms with E-state index < -0.39 is 5.60 Å². The molecule has 3 rings (SSSR count). The molecule has 0 unspecified atom stereocenters. The van der Waals surface area contributed by atoms with Gasteiger partial charge in [0.25, 0.3) is 0 Å². The Hall–Kier alpha value is -2.02. The first kappa shape index (κ1) is 20.7. The summed E-state index contributed by atoms with van der Waals surface area (Å²) in [4.78, 5) is 23.5. The summed E-state index contributed by atoms with van der Waals surface area (Å²) in [5, 5.41) is 3.56. The molecule has 0 aromatic carbocycles. The average molecular weight is 390 g/mol. The zero-order valence-electron chi connectivity index (χ0n) is 18.2. The van der Waals surface area contributed by atoms with Crippen LogP contribution in [0.4, 0.5) is 16.3 Å². The summed E-state index contributed by atoms with van der Waals surface area (Å²) in [6, 6.07) is 3.12. The Balaban J connectivity index is 1.62. The third kappa shape index (κ3) is 5.07. The van der Waals surface area contributed by atoms with Crippen LogP contribution in [0.5, 0.6) is 0 Å². The molecule has 0 radical (unpaired) electrons. The molecule has 1 aromatic heterocycles. The number of nitrogens with one attached hydrogen (secondary N) is 1. The highest BCUT2D eigenvalue weighted by molar-refractivity contribution is 5.69. The maximum atomic E-state index is 12.3. The number of aryl methyl sites for hydroxylation is 1. The van der Waals surface area contributed by atoms with E-state index in [9.17, 15) is 4.79 Å². The lowest BCUT2D eigenvalue weighted by Crippen LogP contribution is -2.54. The Morgan fingerprint density at radius 2 is 1.71 bits per heavy atom. The number of rotatable bonds is 2. The lowest BCUT2D eigenvalue weighted by Gasteiger charge is -2.38. The molecule has 0 spiro atoms. The van der Waals surface area contributed by atoms with E-state index in [-0.39, 0.29) is 6.09 Å². The van der Waals surface area contributed by atoms with Crippen LogP contribution in [0, 0.1) is 6.92 Å². The first-order valence-corrected chi connectivity index (χ1v) is 10.3. The van der Waals surface area contributed by atoms with Gasteiger partial charge in [-0.15, -0.1) is 0 Å². The van der Waals surface area contributed by atoms with Gasteiger partial charge in [0.05, 0.1) is 11.9 Å². The van der Waals surface area contributed by atoms with E-state index in [1.807, 2.05) is 27.0 Å². The van der Waals surface area contributed by atoms with E-state index in [2.05, 4.69) is 42.0 Å². The molecule has 1 amide bonds. The summed E-state index contributed by atoms with van der Waals surface area (Å²) < 4.78 is 5.49. The van der Waals surface area contributed by atoms with Gasteiger partial charge in [-0.2, -0.15) is 0 Å². The van der Waals surface area contributed by atoms with Crippen molar-refractivity contribution in [2.45, 2.75) is 59.2 Å². The highest BCUT2D eigenvalue weighted by atomic mass is 16.6. The molecule has 2 atom stereocenters. The van der Waals surface area contributed by atoms with Gasteiger partial charge >= 0.3 is 6.09 Å². The summed E-state index contributed by atoms with van der Waals surface area (Å²) in [5.41, 5.74) is 1.93. The number of hydrogen-bond acceptors (Lipinski definition) is 6. The second-order valence-electron chi connectivity index (χ2n) is 9.16. The first-order valence-electron chi connectivity index (χ1n) is 10.3. The molecule has 156 valence electrons. The molecular formula is C21H35N5O2. The van der Waals surface area contributed by atoms with Crippen LogP contribution >= 0.6 is 0 Å². The molecule has 0 bridgehead atoms. The number of anilines is 2. The molecule has 7 heteroatoms. The molecular weight excluding hydrogens is 354 g/mol. The van der Waals surface area contributed by atoms with E-state index in [1.54, 1.807) is 4.90 Å². The largest absolute Gasteiger partial charge is 0.444 e. The standard InChI is InChI=1S/C21H35N5O2/c1-15-11-19(26-13-16(2)23-17(3)14-26)22-12-18(15)24-7-9-25(10-8-24)20(27)28-21(4,5)6/h11-12,16-17,23H,7-10,13-14H2,1-6H3/t16-,17+. The maximum Gasteiger partial charge on any atom is 0.410 e. The number of ether oxygens (including phenoxy) is 1. The number of aromatic nitrogens is 1. The van der Waals surface area contributed by atoms with Crippen molar-refractivity contribution in [3.63, 3.8) is 0 Å². The van der Waals surface area contributed by atoms with Gasteiger partial charge in [0.15, 0.2) is 0 Å². The Labute approximate surface area is 169 Å². The predicted molar refractivity (Wildman–Crippen MR) is 113 cm³/mol. The van der Waals surface area contributed by atoms with Crippen LogP contribution < -0.4 is 15.1 Å². The van der Waals surface area contributed by atoms with E-state index >= 15 is 0 Å². The molecule has 2 aliphatic heterocycles. The zero-order chi connectivity index (χ0) is 20.5. The van der Waals surface area contributed by atoms with Gasteiger partial charge < -0.3 is 24.8 Å². The molecule has 7 nitrogen and oxygen atoms in total. The zero-order valence-corrected chi connectivity index (χ0v) is 18.2. The fourth-order valence-corrected chi connectivity index (χ4v) is 4.01. The Bertz CT molecular complexity index is 685. The van der Waals surface area contributed by atoms with Crippen LogP contribution in [0.2, 0.25) is 0 Å². The van der Waals surface area contributed by atoms with Crippen molar-refractivity contribution in [3.8, 4) is 0 Å². The van der Waals surface area contributed by atoms with Gasteiger partial charge in [-0.25, -0.2) is 9.78 Å². The van der Waals surface area contributed by atoms with E-state index in [0.29, 0.717) is 25.2 Å². The normalized spacial score (nSPS) is 23.7. The van der Waals surface area contributed by atoms with Gasteiger partial charge in [-0.3, -0.25) is 0 Å². The van der Waals surface area contributed by atoms with Crippen LogP contribution in [0.3, 0.4) is 0 Å². The monoisotopic (exact) mass is 389 g/mol. The molecule has 2 saturated heterocycles. The number of pyridine rings is 1.